The van der Waals surface area contributed by atoms with E-state index in [1.165, 1.54) is 30.2 Å². The van der Waals surface area contributed by atoms with E-state index in [1.54, 1.807) is 11.9 Å². The maximum atomic E-state index is 12.2. The fraction of sp³-hybridized carbons (Fsp3) is 0.500. The molecule has 5 heteroatoms. The van der Waals surface area contributed by atoms with E-state index < -0.39 is 0 Å². The Morgan fingerprint density at radius 1 is 1.28 bits per heavy atom. The third-order valence-corrected chi connectivity index (χ3v) is 4.82. The minimum Gasteiger partial charge on any atom is -0.447 e. The highest BCUT2D eigenvalue weighted by molar-refractivity contribution is 5.91. The zero-order valence-corrected chi connectivity index (χ0v) is 15.4. The molecule has 134 valence electrons. The highest BCUT2D eigenvalue weighted by Crippen LogP contribution is 2.31. The Hall–Kier alpha value is -2.14. The minimum absolute atomic E-state index is 0.0925. The molecule has 25 heavy (non-hydrogen) atoms. The molecule has 0 N–H and O–H groups in total. The number of benzene rings is 1. The highest BCUT2D eigenvalue weighted by atomic mass is 16.3. The van der Waals surface area contributed by atoms with Gasteiger partial charge in [0.1, 0.15) is 6.26 Å². The molecule has 0 unspecified atom stereocenters. The normalized spacial score (nSPS) is 14.1. The zero-order valence-electron chi connectivity index (χ0n) is 15.4. The summed E-state index contributed by atoms with van der Waals surface area (Å²) in [7, 11) is 1.77. The number of amides is 1. The Bertz CT molecular complexity index is 721. The summed E-state index contributed by atoms with van der Waals surface area (Å²) in [5, 5.41) is 0. The van der Waals surface area contributed by atoms with E-state index in [2.05, 4.69) is 41.1 Å². The van der Waals surface area contributed by atoms with Gasteiger partial charge < -0.3 is 9.32 Å². The summed E-state index contributed by atoms with van der Waals surface area (Å²) >= 11 is 0. The first-order valence-electron chi connectivity index (χ1n) is 9.03. The van der Waals surface area contributed by atoms with Crippen molar-refractivity contribution in [3.05, 3.63) is 53.2 Å². The van der Waals surface area contributed by atoms with Gasteiger partial charge in [-0.15, -0.1) is 0 Å². The number of rotatable bonds is 8. The highest BCUT2D eigenvalue weighted by Gasteiger charge is 2.26. The molecule has 0 spiro atoms. The van der Waals surface area contributed by atoms with Crippen LogP contribution < -0.4 is 0 Å². The van der Waals surface area contributed by atoms with Crippen LogP contribution in [0.15, 0.2) is 34.9 Å². The summed E-state index contributed by atoms with van der Waals surface area (Å²) in [5.41, 5.74) is 3.02. The summed E-state index contributed by atoms with van der Waals surface area (Å²) in [5.74, 6) is 1.30. The van der Waals surface area contributed by atoms with Gasteiger partial charge in [0.2, 0.25) is 5.89 Å². The molecule has 3 rings (SSSR count). The first-order valence-corrected chi connectivity index (χ1v) is 9.03. The lowest BCUT2D eigenvalue weighted by molar-refractivity contribution is 0.0796. The quantitative estimate of drug-likeness (QED) is 0.737. The number of carbonyl (C=O) groups is 1. The van der Waals surface area contributed by atoms with Gasteiger partial charge in [-0.25, -0.2) is 4.98 Å². The molecular weight excluding hydrogens is 314 g/mol. The summed E-state index contributed by atoms with van der Waals surface area (Å²) in [4.78, 5) is 20.6. The number of aryl methyl sites for hydroxylation is 1. The molecule has 0 radical (unpaired) electrons. The van der Waals surface area contributed by atoms with Crippen LogP contribution in [0.4, 0.5) is 0 Å². The molecule has 1 aromatic carbocycles. The van der Waals surface area contributed by atoms with Crippen molar-refractivity contribution in [2.24, 2.45) is 5.92 Å². The summed E-state index contributed by atoms with van der Waals surface area (Å²) < 4.78 is 5.58. The first-order chi connectivity index (χ1) is 12.1. The Balaban J connectivity index is 1.69. The monoisotopic (exact) mass is 341 g/mol. The Labute approximate surface area is 149 Å². The predicted molar refractivity (Wildman–Crippen MR) is 97.2 cm³/mol. The van der Waals surface area contributed by atoms with Crippen molar-refractivity contribution in [2.45, 2.75) is 39.8 Å². The Morgan fingerprint density at radius 2 is 2.04 bits per heavy atom. The topological polar surface area (TPSA) is 49.6 Å². The van der Waals surface area contributed by atoms with Crippen LogP contribution >= 0.6 is 0 Å². The van der Waals surface area contributed by atoms with E-state index in [1.807, 2.05) is 6.92 Å². The van der Waals surface area contributed by atoms with Crippen LogP contribution in [0.2, 0.25) is 0 Å². The van der Waals surface area contributed by atoms with Crippen LogP contribution in [0.3, 0.4) is 0 Å². The summed E-state index contributed by atoms with van der Waals surface area (Å²) in [6.45, 7) is 7.31. The van der Waals surface area contributed by atoms with Crippen molar-refractivity contribution < 1.29 is 9.21 Å². The third kappa shape index (κ3) is 4.69. The Kier molecular flexibility index (Phi) is 5.53. The molecule has 1 aliphatic carbocycles. The van der Waals surface area contributed by atoms with Gasteiger partial charge in [-0.3, -0.25) is 9.69 Å². The maximum Gasteiger partial charge on any atom is 0.275 e. The molecule has 0 saturated heterocycles. The number of aromatic nitrogens is 1. The number of nitrogens with zero attached hydrogens (tertiary/aromatic N) is 3. The SMILES string of the molecule is CCN(C)C(=O)c1coc(CN(Cc2ccccc2C)CC2CC2)n1. The second-order valence-corrected chi connectivity index (χ2v) is 6.99. The molecule has 1 saturated carbocycles. The lowest BCUT2D eigenvalue weighted by atomic mass is 10.1. The maximum absolute atomic E-state index is 12.2. The molecule has 2 aromatic rings. The fourth-order valence-electron chi connectivity index (χ4n) is 2.89. The van der Waals surface area contributed by atoms with Crippen LogP contribution in [-0.2, 0) is 13.1 Å². The lowest BCUT2D eigenvalue weighted by Crippen LogP contribution is -2.27. The first kappa shape index (κ1) is 17.7. The van der Waals surface area contributed by atoms with Crippen molar-refractivity contribution in [2.75, 3.05) is 20.1 Å². The van der Waals surface area contributed by atoms with E-state index in [9.17, 15) is 4.79 Å². The van der Waals surface area contributed by atoms with E-state index in [0.29, 0.717) is 24.7 Å². The van der Waals surface area contributed by atoms with Crippen molar-refractivity contribution in [3.63, 3.8) is 0 Å². The van der Waals surface area contributed by atoms with Gasteiger partial charge in [0.05, 0.1) is 6.54 Å². The molecule has 0 bridgehead atoms. The molecule has 1 aromatic heterocycles. The van der Waals surface area contributed by atoms with E-state index in [-0.39, 0.29) is 5.91 Å². The zero-order chi connectivity index (χ0) is 17.8. The largest absolute Gasteiger partial charge is 0.447 e. The van der Waals surface area contributed by atoms with Crippen molar-refractivity contribution >= 4 is 5.91 Å². The van der Waals surface area contributed by atoms with Gasteiger partial charge in [0, 0.05) is 26.7 Å². The fourth-order valence-corrected chi connectivity index (χ4v) is 2.89. The van der Waals surface area contributed by atoms with Gasteiger partial charge >= 0.3 is 0 Å². The molecule has 1 fully saturated rings. The molecule has 1 aliphatic rings. The van der Waals surface area contributed by atoms with E-state index in [4.69, 9.17) is 4.42 Å². The van der Waals surface area contributed by atoms with Crippen molar-refractivity contribution in [1.82, 2.24) is 14.8 Å². The molecule has 1 heterocycles. The van der Waals surface area contributed by atoms with Crippen LogP contribution in [0.25, 0.3) is 0 Å². The van der Waals surface area contributed by atoms with Gasteiger partial charge in [-0.05, 0) is 43.7 Å². The molecule has 0 aliphatic heterocycles. The predicted octanol–water partition coefficient (Wildman–Crippen LogP) is 3.49. The molecule has 0 atom stereocenters. The molecule has 1 amide bonds. The number of carbonyl (C=O) groups excluding carboxylic acids is 1. The van der Waals surface area contributed by atoms with Gasteiger partial charge in [0.25, 0.3) is 5.91 Å². The Morgan fingerprint density at radius 3 is 2.72 bits per heavy atom. The number of hydrogen-bond donors (Lipinski definition) is 0. The van der Waals surface area contributed by atoms with Crippen LogP contribution in [0.5, 0.6) is 0 Å². The van der Waals surface area contributed by atoms with Gasteiger partial charge in [-0.1, -0.05) is 24.3 Å². The average Bonchev–Trinajstić information content (AvgIpc) is 3.30. The van der Waals surface area contributed by atoms with E-state index in [0.717, 1.165) is 19.0 Å². The van der Waals surface area contributed by atoms with Crippen molar-refractivity contribution in [1.29, 1.82) is 0 Å². The van der Waals surface area contributed by atoms with Crippen LogP contribution in [0, 0.1) is 12.8 Å². The second kappa shape index (κ2) is 7.83. The number of hydrogen-bond acceptors (Lipinski definition) is 4. The molecule has 5 nitrogen and oxygen atoms in total. The standard InChI is InChI=1S/C20H27N3O2/c1-4-22(3)20(24)18-14-25-19(21-18)13-23(11-16-9-10-16)12-17-8-6-5-7-15(17)2/h5-8,14,16H,4,9-13H2,1-3H3. The minimum atomic E-state index is -0.0925. The number of oxazole rings is 1. The van der Waals surface area contributed by atoms with Gasteiger partial charge in [-0.2, -0.15) is 0 Å². The average molecular weight is 341 g/mol. The van der Waals surface area contributed by atoms with Crippen LogP contribution in [-0.4, -0.2) is 40.8 Å². The molecular formula is C20H27N3O2. The van der Waals surface area contributed by atoms with Crippen molar-refractivity contribution in [3.8, 4) is 0 Å². The third-order valence-electron chi connectivity index (χ3n) is 4.82. The van der Waals surface area contributed by atoms with Gasteiger partial charge in [0.15, 0.2) is 5.69 Å². The van der Waals surface area contributed by atoms with E-state index >= 15 is 0 Å². The second-order valence-electron chi connectivity index (χ2n) is 6.99. The van der Waals surface area contributed by atoms with Crippen LogP contribution in [0.1, 0.15) is 47.3 Å². The smallest absolute Gasteiger partial charge is 0.275 e. The lowest BCUT2D eigenvalue weighted by Gasteiger charge is -2.21. The summed E-state index contributed by atoms with van der Waals surface area (Å²) in [6.07, 6.45) is 4.09. The summed E-state index contributed by atoms with van der Waals surface area (Å²) in [6, 6.07) is 8.48.